The minimum Gasteiger partial charge on any atom is -0.354 e. The van der Waals surface area contributed by atoms with Gasteiger partial charge in [-0.2, -0.15) is 0 Å². The maximum atomic E-state index is 11.4. The van der Waals surface area contributed by atoms with Crippen LogP contribution < -0.4 is 11.1 Å². The van der Waals surface area contributed by atoms with Gasteiger partial charge in [-0.25, -0.2) is 0 Å². The molecule has 1 aromatic carbocycles. The van der Waals surface area contributed by atoms with Gasteiger partial charge in [0.05, 0.1) is 6.54 Å². The van der Waals surface area contributed by atoms with E-state index in [1.165, 1.54) is 5.56 Å². The molecule has 0 saturated carbocycles. The SMILES string of the molecule is CN(CCCc1ccccc1)CC(=O)NCCN. The van der Waals surface area contributed by atoms with Crippen molar-refractivity contribution < 1.29 is 4.79 Å². The van der Waals surface area contributed by atoms with Crippen molar-refractivity contribution >= 4 is 5.91 Å². The molecule has 0 aliphatic carbocycles. The fraction of sp³-hybridized carbons (Fsp3) is 0.500. The second-order valence-corrected chi connectivity index (χ2v) is 4.47. The number of nitrogens with one attached hydrogen (secondary N) is 1. The van der Waals surface area contributed by atoms with Crippen LogP contribution in [0.2, 0.25) is 0 Å². The van der Waals surface area contributed by atoms with Gasteiger partial charge in [-0.15, -0.1) is 0 Å². The zero-order chi connectivity index (χ0) is 13.2. The molecular formula is C14H23N3O. The molecule has 18 heavy (non-hydrogen) atoms. The highest BCUT2D eigenvalue weighted by atomic mass is 16.2. The molecule has 4 nitrogen and oxygen atoms in total. The van der Waals surface area contributed by atoms with Crippen LogP contribution >= 0.6 is 0 Å². The monoisotopic (exact) mass is 249 g/mol. The van der Waals surface area contributed by atoms with Crippen LogP contribution in [0.4, 0.5) is 0 Å². The van der Waals surface area contributed by atoms with Crippen LogP contribution in [0, 0.1) is 0 Å². The molecule has 0 saturated heterocycles. The molecule has 0 radical (unpaired) electrons. The lowest BCUT2D eigenvalue weighted by atomic mass is 10.1. The maximum absolute atomic E-state index is 11.4. The van der Waals surface area contributed by atoms with Crippen LogP contribution in [0.5, 0.6) is 0 Å². The summed E-state index contributed by atoms with van der Waals surface area (Å²) in [7, 11) is 1.97. The summed E-state index contributed by atoms with van der Waals surface area (Å²) in [5.41, 5.74) is 6.67. The van der Waals surface area contributed by atoms with E-state index in [9.17, 15) is 4.79 Å². The molecule has 100 valence electrons. The Labute approximate surface area is 109 Å². The van der Waals surface area contributed by atoms with Crippen LogP contribution in [0.25, 0.3) is 0 Å². The van der Waals surface area contributed by atoms with Gasteiger partial charge in [-0.05, 0) is 32.0 Å². The Morgan fingerprint density at radius 3 is 2.72 bits per heavy atom. The van der Waals surface area contributed by atoms with Crippen molar-refractivity contribution in [2.45, 2.75) is 12.8 Å². The molecule has 0 atom stereocenters. The Bertz CT molecular complexity index is 340. The molecule has 1 amide bonds. The average Bonchev–Trinajstić information content (AvgIpc) is 2.37. The third-order valence-electron chi connectivity index (χ3n) is 2.73. The maximum Gasteiger partial charge on any atom is 0.234 e. The molecule has 1 aromatic rings. The molecule has 1 rings (SSSR count). The summed E-state index contributed by atoms with van der Waals surface area (Å²) < 4.78 is 0. The average molecular weight is 249 g/mol. The molecule has 0 aromatic heterocycles. The first kappa shape index (κ1) is 14.7. The highest BCUT2D eigenvalue weighted by molar-refractivity contribution is 5.77. The van der Waals surface area contributed by atoms with E-state index in [0.717, 1.165) is 19.4 Å². The summed E-state index contributed by atoms with van der Waals surface area (Å²) in [6.45, 7) is 2.40. The van der Waals surface area contributed by atoms with Crippen LogP contribution in [0.15, 0.2) is 30.3 Å². The lowest BCUT2D eigenvalue weighted by Gasteiger charge is -2.15. The topological polar surface area (TPSA) is 58.4 Å². The molecule has 0 heterocycles. The molecule has 0 aliphatic heterocycles. The van der Waals surface area contributed by atoms with Crippen LogP contribution in [0.3, 0.4) is 0 Å². The van der Waals surface area contributed by atoms with Crippen molar-refractivity contribution in [1.82, 2.24) is 10.2 Å². The van der Waals surface area contributed by atoms with Crippen molar-refractivity contribution in [2.24, 2.45) is 5.73 Å². The number of likely N-dealkylation sites (N-methyl/N-ethyl adjacent to an activating group) is 1. The number of hydrogen-bond donors (Lipinski definition) is 2. The fourth-order valence-electron chi connectivity index (χ4n) is 1.79. The van der Waals surface area contributed by atoms with Gasteiger partial charge in [0, 0.05) is 13.1 Å². The third kappa shape index (κ3) is 6.37. The Kier molecular flexibility index (Phi) is 7.06. The summed E-state index contributed by atoms with van der Waals surface area (Å²) in [6.07, 6.45) is 2.11. The van der Waals surface area contributed by atoms with Gasteiger partial charge >= 0.3 is 0 Å². The van der Waals surface area contributed by atoms with Crippen molar-refractivity contribution in [3.63, 3.8) is 0 Å². The van der Waals surface area contributed by atoms with E-state index in [2.05, 4.69) is 29.6 Å². The largest absolute Gasteiger partial charge is 0.354 e. The second kappa shape index (κ2) is 8.66. The number of amides is 1. The quantitative estimate of drug-likeness (QED) is 0.710. The molecule has 0 unspecified atom stereocenters. The Hall–Kier alpha value is -1.39. The third-order valence-corrected chi connectivity index (χ3v) is 2.73. The van der Waals surface area contributed by atoms with Crippen LogP contribution in [-0.4, -0.2) is 44.0 Å². The molecule has 0 spiro atoms. The second-order valence-electron chi connectivity index (χ2n) is 4.47. The van der Waals surface area contributed by atoms with Gasteiger partial charge in [0.25, 0.3) is 0 Å². The lowest BCUT2D eigenvalue weighted by molar-refractivity contribution is -0.121. The molecule has 0 fully saturated rings. The van der Waals surface area contributed by atoms with Crippen LogP contribution in [0.1, 0.15) is 12.0 Å². The first-order valence-corrected chi connectivity index (χ1v) is 6.41. The van der Waals surface area contributed by atoms with E-state index in [4.69, 9.17) is 5.73 Å². The van der Waals surface area contributed by atoms with E-state index >= 15 is 0 Å². The zero-order valence-corrected chi connectivity index (χ0v) is 11.1. The summed E-state index contributed by atoms with van der Waals surface area (Å²) in [5, 5.41) is 2.77. The minimum absolute atomic E-state index is 0.0441. The predicted molar refractivity (Wildman–Crippen MR) is 74.3 cm³/mol. The van der Waals surface area contributed by atoms with E-state index < -0.39 is 0 Å². The molecule has 0 aliphatic rings. The Morgan fingerprint density at radius 2 is 2.06 bits per heavy atom. The summed E-state index contributed by atoms with van der Waals surface area (Å²) >= 11 is 0. The van der Waals surface area contributed by atoms with E-state index in [1.807, 2.05) is 18.0 Å². The Balaban J connectivity index is 2.13. The predicted octanol–water partition coefficient (Wildman–Crippen LogP) is 0.626. The van der Waals surface area contributed by atoms with Gasteiger partial charge < -0.3 is 11.1 Å². The lowest BCUT2D eigenvalue weighted by Crippen LogP contribution is -2.37. The number of benzene rings is 1. The molecule has 0 bridgehead atoms. The Morgan fingerprint density at radius 1 is 1.33 bits per heavy atom. The van der Waals surface area contributed by atoms with Crippen LogP contribution in [-0.2, 0) is 11.2 Å². The van der Waals surface area contributed by atoms with Gasteiger partial charge in [-0.1, -0.05) is 30.3 Å². The van der Waals surface area contributed by atoms with Gasteiger partial charge in [0.1, 0.15) is 0 Å². The van der Waals surface area contributed by atoms with Gasteiger partial charge in [-0.3, -0.25) is 9.69 Å². The van der Waals surface area contributed by atoms with Crippen molar-refractivity contribution in [2.75, 3.05) is 33.2 Å². The normalized spacial score (nSPS) is 10.6. The summed E-state index contributed by atoms with van der Waals surface area (Å²) in [5.74, 6) is 0.0441. The zero-order valence-electron chi connectivity index (χ0n) is 11.1. The van der Waals surface area contributed by atoms with Crippen molar-refractivity contribution in [3.05, 3.63) is 35.9 Å². The highest BCUT2D eigenvalue weighted by Crippen LogP contribution is 2.02. The van der Waals surface area contributed by atoms with Gasteiger partial charge in [0.2, 0.25) is 5.91 Å². The number of hydrogen-bond acceptors (Lipinski definition) is 3. The standard InChI is InChI=1S/C14H23N3O/c1-17(12-14(18)16-10-9-15)11-5-8-13-6-3-2-4-7-13/h2-4,6-7H,5,8-12,15H2,1H3,(H,16,18). The van der Waals surface area contributed by atoms with E-state index in [0.29, 0.717) is 19.6 Å². The number of rotatable bonds is 8. The minimum atomic E-state index is 0.0441. The summed E-state index contributed by atoms with van der Waals surface area (Å²) in [6, 6.07) is 10.4. The number of carbonyl (C=O) groups is 1. The number of carbonyl (C=O) groups excluding carboxylic acids is 1. The number of nitrogens with two attached hydrogens (primary N) is 1. The first-order valence-electron chi connectivity index (χ1n) is 6.41. The number of nitrogens with zero attached hydrogens (tertiary/aromatic N) is 1. The molecular weight excluding hydrogens is 226 g/mol. The van der Waals surface area contributed by atoms with Crippen molar-refractivity contribution in [1.29, 1.82) is 0 Å². The smallest absolute Gasteiger partial charge is 0.234 e. The highest BCUT2D eigenvalue weighted by Gasteiger charge is 2.05. The first-order chi connectivity index (χ1) is 8.72. The van der Waals surface area contributed by atoms with E-state index in [1.54, 1.807) is 0 Å². The summed E-state index contributed by atoms with van der Waals surface area (Å²) in [4.78, 5) is 13.5. The van der Waals surface area contributed by atoms with E-state index in [-0.39, 0.29) is 5.91 Å². The molecule has 4 heteroatoms. The molecule has 3 N–H and O–H groups in total. The fourth-order valence-corrected chi connectivity index (χ4v) is 1.79. The van der Waals surface area contributed by atoms with Gasteiger partial charge in [0.15, 0.2) is 0 Å². The number of aryl methyl sites for hydroxylation is 1. The van der Waals surface area contributed by atoms with Crippen molar-refractivity contribution in [3.8, 4) is 0 Å².